The largest absolute Gasteiger partial charge is 0.352 e. The van der Waals surface area contributed by atoms with Gasteiger partial charge in [0.05, 0.1) is 11.3 Å². The number of nitrogens with two attached hydrogens (primary N) is 1. The first-order chi connectivity index (χ1) is 10.0. The van der Waals surface area contributed by atoms with Gasteiger partial charge in [-0.15, -0.1) is 0 Å². The van der Waals surface area contributed by atoms with Crippen molar-refractivity contribution in [2.75, 3.05) is 25.1 Å². The van der Waals surface area contributed by atoms with E-state index in [-0.39, 0.29) is 17.2 Å². The number of para-hydroxylation sites is 1. The Labute approximate surface area is 124 Å². The van der Waals surface area contributed by atoms with Gasteiger partial charge in [0, 0.05) is 19.1 Å². The van der Waals surface area contributed by atoms with E-state index in [0.29, 0.717) is 18.5 Å². The third-order valence-corrected chi connectivity index (χ3v) is 4.00. The minimum Gasteiger partial charge on any atom is -0.352 e. The summed E-state index contributed by atoms with van der Waals surface area (Å²) in [6, 6.07) is 4.86. The van der Waals surface area contributed by atoms with E-state index in [2.05, 4.69) is 29.5 Å². The molecule has 0 saturated carbocycles. The first-order valence-electron chi connectivity index (χ1n) is 7.30. The Kier molecular flexibility index (Phi) is 5.14. The monoisotopic (exact) mass is 294 g/mol. The molecule has 5 nitrogen and oxygen atoms in total. The van der Waals surface area contributed by atoms with Crippen LogP contribution in [0.4, 0.5) is 10.1 Å². The van der Waals surface area contributed by atoms with Gasteiger partial charge in [0.15, 0.2) is 0 Å². The summed E-state index contributed by atoms with van der Waals surface area (Å²) in [4.78, 5) is 14.6. The highest BCUT2D eigenvalue weighted by Gasteiger charge is 2.25. The number of halogens is 1. The van der Waals surface area contributed by atoms with Crippen LogP contribution in [-0.2, 0) is 0 Å². The van der Waals surface area contributed by atoms with Crippen LogP contribution in [0, 0.1) is 11.7 Å². The fourth-order valence-corrected chi connectivity index (χ4v) is 2.69. The molecule has 0 aromatic heterocycles. The number of hydrogen-bond acceptors (Lipinski definition) is 4. The van der Waals surface area contributed by atoms with Crippen molar-refractivity contribution in [3.63, 3.8) is 0 Å². The molecule has 1 aliphatic heterocycles. The molecule has 1 aromatic rings. The van der Waals surface area contributed by atoms with E-state index >= 15 is 0 Å². The van der Waals surface area contributed by atoms with Gasteiger partial charge in [0.2, 0.25) is 0 Å². The number of benzene rings is 1. The number of carbonyl (C=O) groups is 1. The second-order valence-electron chi connectivity index (χ2n) is 5.76. The lowest BCUT2D eigenvalue weighted by atomic mass is 10.1. The number of carbonyl (C=O) groups excluding carboxylic acids is 1. The fourth-order valence-electron chi connectivity index (χ4n) is 2.69. The molecular formula is C15H23FN4O. The maximum Gasteiger partial charge on any atom is 0.253 e. The zero-order chi connectivity index (χ0) is 15.4. The van der Waals surface area contributed by atoms with Crippen molar-refractivity contribution in [2.24, 2.45) is 11.8 Å². The zero-order valence-corrected chi connectivity index (χ0v) is 12.5. The van der Waals surface area contributed by atoms with E-state index in [0.717, 1.165) is 19.5 Å². The summed E-state index contributed by atoms with van der Waals surface area (Å²) in [5.41, 5.74) is 2.52. The molecule has 0 radical (unpaired) electrons. The Hall–Kier alpha value is -1.66. The lowest BCUT2D eigenvalue weighted by Gasteiger charge is -2.20. The number of likely N-dealkylation sites (tertiary alicyclic amines) is 1. The molecule has 1 aromatic carbocycles. The highest BCUT2D eigenvalue weighted by molar-refractivity contribution is 5.99. The van der Waals surface area contributed by atoms with E-state index < -0.39 is 5.82 Å². The number of rotatable bonds is 5. The van der Waals surface area contributed by atoms with Gasteiger partial charge >= 0.3 is 0 Å². The maximum absolute atomic E-state index is 13.6. The number of nitrogens with one attached hydrogen (secondary N) is 2. The standard InChI is InChI=1S/C15H23FN4O/c1-10(2)20-7-6-11(9-20)8-18-15(21)12-4-3-5-13(16)14(12)19-17/h3-5,10-11,19H,6-9,17H2,1-2H3,(H,18,21). The maximum atomic E-state index is 13.6. The van der Waals surface area contributed by atoms with Gasteiger partial charge in [-0.3, -0.25) is 10.6 Å². The average molecular weight is 294 g/mol. The van der Waals surface area contributed by atoms with Crippen molar-refractivity contribution in [2.45, 2.75) is 26.3 Å². The summed E-state index contributed by atoms with van der Waals surface area (Å²) in [6.45, 7) is 7.00. The van der Waals surface area contributed by atoms with Crippen LogP contribution in [0.25, 0.3) is 0 Å². The van der Waals surface area contributed by atoms with Crippen LogP contribution >= 0.6 is 0 Å². The molecule has 1 unspecified atom stereocenters. The molecule has 1 atom stereocenters. The highest BCUT2D eigenvalue weighted by Crippen LogP contribution is 2.20. The van der Waals surface area contributed by atoms with E-state index in [1.165, 1.54) is 12.1 Å². The Morgan fingerprint density at radius 3 is 2.90 bits per heavy atom. The predicted molar refractivity (Wildman–Crippen MR) is 81.4 cm³/mol. The Morgan fingerprint density at radius 1 is 1.52 bits per heavy atom. The van der Waals surface area contributed by atoms with E-state index in [9.17, 15) is 9.18 Å². The molecule has 2 rings (SSSR count). The van der Waals surface area contributed by atoms with Crippen LogP contribution in [0.3, 0.4) is 0 Å². The third kappa shape index (κ3) is 3.71. The Bertz CT molecular complexity index is 506. The average Bonchev–Trinajstić information content (AvgIpc) is 2.93. The molecule has 21 heavy (non-hydrogen) atoms. The molecular weight excluding hydrogens is 271 g/mol. The van der Waals surface area contributed by atoms with Crippen molar-refractivity contribution in [3.8, 4) is 0 Å². The fraction of sp³-hybridized carbons (Fsp3) is 0.533. The normalized spacial score (nSPS) is 19.0. The molecule has 1 amide bonds. The summed E-state index contributed by atoms with van der Waals surface area (Å²) in [7, 11) is 0. The Morgan fingerprint density at radius 2 is 2.29 bits per heavy atom. The van der Waals surface area contributed by atoms with E-state index in [4.69, 9.17) is 5.84 Å². The molecule has 116 valence electrons. The minimum atomic E-state index is -0.531. The lowest BCUT2D eigenvalue weighted by Crippen LogP contribution is -2.33. The van der Waals surface area contributed by atoms with Gasteiger partial charge in [0.1, 0.15) is 5.82 Å². The van der Waals surface area contributed by atoms with Gasteiger partial charge in [-0.25, -0.2) is 4.39 Å². The second kappa shape index (κ2) is 6.87. The van der Waals surface area contributed by atoms with Crippen molar-refractivity contribution in [3.05, 3.63) is 29.6 Å². The number of nitrogen functional groups attached to an aromatic ring is 1. The smallest absolute Gasteiger partial charge is 0.253 e. The summed E-state index contributed by atoms with van der Waals surface area (Å²) < 4.78 is 13.6. The summed E-state index contributed by atoms with van der Waals surface area (Å²) in [5.74, 6) is 4.90. The first kappa shape index (κ1) is 15.7. The summed E-state index contributed by atoms with van der Waals surface area (Å²) >= 11 is 0. The molecule has 6 heteroatoms. The zero-order valence-electron chi connectivity index (χ0n) is 12.5. The van der Waals surface area contributed by atoms with Crippen LogP contribution in [0.1, 0.15) is 30.6 Å². The van der Waals surface area contributed by atoms with E-state index in [1.54, 1.807) is 6.07 Å². The van der Waals surface area contributed by atoms with Gasteiger partial charge in [-0.05, 0) is 44.9 Å². The first-order valence-corrected chi connectivity index (χ1v) is 7.30. The quantitative estimate of drug-likeness (QED) is 0.569. The Balaban J connectivity index is 1.93. The molecule has 1 saturated heterocycles. The summed E-state index contributed by atoms with van der Waals surface area (Å²) in [6.07, 6.45) is 1.07. The second-order valence-corrected chi connectivity index (χ2v) is 5.76. The number of nitrogens with zero attached hydrogens (tertiary/aromatic N) is 1. The molecule has 0 bridgehead atoms. The lowest BCUT2D eigenvalue weighted by molar-refractivity contribution is 0.0947. The van der Waals surface area contributed by atoms with Crippen LogP contribution in [0.2, 0.25) is 0 Å². The molecule has 0 spiro atoms. The highest BCUT2D eigenvalue weighted by atomic mass is 19.1. The SMILES string of the molecule is CC(C)N1CCC(CNC(=O)c2cccc(F)c2NN)C1. The van der Waals surface area contributed by atoms with Crippen LogP contribution in [-0.4, -0.2) is 36.5 Å². The van der Waals surface area contributed by atoms with Crippen LogP contribution < -0.4 is 16.6 Å². The minimum absolute atomic E-state index is 0.0326. The van der Waals surface area contributed by atoms with Gasteiger partial charge in [-0.2, -0.15) is 0 Å². The predicted octanol–water partition coefficient (Wildman–Crippen LogP) is 1.57. The van der Waals surface area contributed by atoms with Crippen molar-refractivity contribution in [1.29, 1.82) is 0 Å². The van der Waals surface area contributed by atoms with Crippen molar-refractivity contribution >= 4 is 11.6 Å². The number of amides is 1. The molecule has 4 N–H and O–H groups in total. The molecule has 1 aliphatic rings. The number of hydrogen-bond donors (Lipinski definition) is 3. The van der Waals surface area contributed by atoms with Gasteiger partial charge in [-0.1, -0.05) is 6.07 Å². The van der Waals surface area contributed by atoms with Gasteiger partial charge in [0.25, 0.3) is 5.91 Å². The number of hydrazine groups is 1. The number of anilines is 1. The topological polar surface area (TPSA) is 70.4 Å². The molecule has 1 heterocycles. The third-order valence-electron chi connectivity index (χ3n) is 4.00. The van der Waals surface area contributed by atoms with Crippen molar-refractivity contribution in [1.82, 2.24) is 10.2 Å². The van der Waals surface area contributed by atoms with Crippen molar-refractivity contribution < 1.29 is 9.18 Å². The van der Waals surface area contributed by atoms with Crippen LogP contribution in [0.15, 0.2) is 18.2 Å². The summed E-state index contributed by atoms with van der Waals surface area (Å²) in [5, 5.41) is 2.87. The molecule has 0 aliphatic carbocycles. The van der Waals surface area contributed by atoms with Crippen LogP contribution in [0.5, 0.6) is 0 Å². The van der Waals surface area contributed by atoms with E-state index in [1.807, 2.05) is 0 Å². The molecule has 1 fully saturated rings. The van der Waals surface area contributed by atoms with Gasteiger partial charge < -0.3 is 15.6 Å².